The monoisotopic (exact) mass is 351 g/mol. The lowest BCUT2D eigenvalue weighted by molar-refractivity contribution is -0.112. The molecule has 0 fully saturated rings. The van der Waals surface area contributed by atoms with Crippen molar-refractivity contribution in [1.29, 1.82) is 5.26 Å². The van der Waals surface area contributed by atoms with Crippen molar-refractivity contribution in [3.05, 3.63) is 65.9 Å². The summed E-state index contributed by atoms with van der Waals surface area (Å²) in [6, 6.07) is 14.5. The highest BCUT2D eigenvalue weighted by Crippen LogP contribution is 2.22. The number of nitrogens with zero attached hydrogens (tertiary/aromatic N) is 1. The highest BCUT2D eigenvalue weighted by Gasteiger charge is 2.14. The predicted octanol–water partition coefficient (Wildman–Crippen LogP) is 3.03. The quantitative estimate of drug-likeness (QED) is 0.319. The van der Waals surface area contributed by atoms with Crippen LogP contribution in [0.5, 0.6) is 5.75 Å². The van der Waals surface area contributed by atoms with E-state index < -0.39 is 11.9 Å². The van der Waals surface area contributed by atoms with Crippen molar-refractivity contribution in [2.45, 2.75) is 6.92 Å². The van der Waals surface area contributed by atoms with Crippen molar-refractivity contribution in [2.75, 3.05) is 17.2 Å². The fourth-order valence-corrected chi connectivity index (χ4v) is 2.06. The van der Waals surface area contributed by atoms with Gasteiger partial charge in [-0.2, -0.15) is 5.26 Å². The van der Waals surface area contributed by atoms with Gasteiger partial charge in [0.2, 0.25) is 0 Å². The Labute approximate surface area is 150 Å². The molecule has 26 heavy (non-hydrogen) atoms. The molecule has 0 saturated carbocycles. The Morgan fingerprint density at radius 1 is 1.15 bits per heavy atom. The van der Waals surface area contributed by atoms with E-state index in [4.69, 9.17) is 4.74 Å². The molecule has 0 radical (unpaired) electrons. The number of carbonyl (C=O) groups excluding carboxylic acids is 2. The van der Waals surface area contributed by atoms with E-state index in [1.165, 1.54) is 18.3 Å². The van der Waals surface area contributed by atoms with E-state index in [2.05, 4.69) is 10.6 Å². The van der Waals surface area contributed by atoms with Gasteiger partial charge in [0.05, 0.1) is 23.5 Å². The molecule has 0 aliphatic carbocycles. The molecule has 0 spiro atoms. The first-order valence-corrected chi connectivity index (χ1v) is 7.79. The van der Waals surface area contributed by atoms with Crippen LogP contribution in [0.2, 0.25) is 0 Å². The number of nitriles is 1. The number of hydrogen-bond acceptors (Lipinski definition) is 6. The number of anilines is 2. The Kier molecular flexibility index (Phi) is 6.34. The molecule has 2 aromatic rings. The summed E-state index contributed by atoms with van der Waals surface area (Å²) < 4.78 is 4.97. The zero-order valence-corrected chi connectivity index (χ0v) is 14.0. The number of carbonyl (C=O) groups is 2. The second kappa shape index (κ2) is 8.89. The first-order valence-electron chi connectivity index (χ1n) is 7.79. The molecule has 7 nitrogen and oxygen atoms in total. The summed E-state index contributed by atoms with van der Waals surface area (Å²) in [6.45, 7) is 1.93. The normalized spacial score (nSPS) is 10.5. The van der Waals surface area contributed by atoms with Crippen molar-refractivity contribution in [1.82, 2.24) is 0 Å². The first kappa shape index (κ1) is 18.5. The molecule has 2 aromatic carbocycles. The lowest BCUT2D eigenvalue weighted by Crippen LogP contribution is -2.15. The Bertz CT molecular complexity index is 884. The molecule has 0 saturated heterocycles. The van der Waals surface area contributed by atoms with Crippen molar-refractivity contribution in [2.24, 2.45) is 0 Å². The van der Waals surface area contributed by atoms with Crippen LogP contribution >= 0.6 is 0 Å². The summed E-state index contributed by atoms with van der Waals surface area (Å²) in [4.78, 5) is 24.1. The van der Waals surface area contributed by atoms with Crippen LogP contribution in [0.25, 0.3) is 0 Å². The zero-order valence-electron chi connectivity index (χ0n) is 14.0. The molecule has 2 rings (SSSR count). The van der Waals surface area contributed by atoms with E-state index in [9.17, 15) is 20.0 Å². The van der Waals surface area contributed by atoms with Gasteiger partial charge in [-0.15, -0.1) is 0 Å². The van der Waals surface area contributed by atoms with Crippen LogP contribution in [-0.4, -0.2) is 23.6 Å². The Morgan fingerprint density at radius 2 is 1.81 bits per heavy atom. The first-order chi connectivity index (χ1) is 12.6. The molecule has 0 aliphatic heterocycles. The summed E-state index contributed by atoms with van der Waals surface area (Å²) in [7, 11) is 0. The number of aromatic hydroxyl groups is 1. The Hall–Kier alpha value is -3.79. The van der Waals surface area contributed by atoms with Crippen molar-refractivity contribution >= 4 is 23.3 Å². The van der Waals surface area contributed by atoms with Crippen LogP contribution < -0.4 is 10.6 Å². The number of para-hydroxylation sites is 3. The van der Waals surface area contributed by atoms with Crippen LogP contribution in [0.1, 0.15) is 17.3 Å². The smallest absolute Gasteiger partial charge is 0.340 e. The molecule has 0 atom stereocenters. The lowest BCUT2D eigenvalue weighted by Gasteiger charge is -2.09. The molecular weight excluding hydrogens is 334 g/mol. The number of ether oxygens (including phenoxy) is 1. The number of rotatable bonds is 6. The molecule has 132 valence electrons. The summed E-state index contributed by atoms with van der Waals surface area (Å²) in [6.07, 6.45) is 1.19. The second-order valence-electron chi connectivity index (χ2n) is 5.05. The minimum atomic E-state index is -0.699. The average Bonchev–Trinajstić information content (AvgIpc) is 2.64. The van der Waals surface area contributed by atoms with Crippen LogP contribution in [0.15, 0.2) is 60.3 Å². The molecule has 0 heterocycles. The van der Waals surface area contributed by atoms with E-state index in [-0.39, 0.29) is 29.2 Å². The van der Waals surface area contributed by atoms with Crippen LogP contribution in [0.4, 0.5) is 11.4 Å². The Balaban J connectivity index is 2.18. The number of benzene rings is 2. The van der Waals surface area contributed by atoms with Gasteiger partial charge < -0.3 is 20.5 Å². The van der Waals surface area contributed by atoms with E-state index in [1.807, 2.05) is 0 Å². The standard InChI is InChI=1S/C19H17N3O4/c1-2-26-19(25)14-7-3-4-8-15(14)21-12-13(11-20)18(24)22-16-9-5-6-10-17(16)23/h3-10,12,21,23H,2H2,1H3,(H,22,24)/b13-12-. The highest BCUT2D eigenvalue weighted by atomic mass is 16.5. The third-order valence-corrected chi connectivity index (χ3v) is 3.31. The summed E-state index contributed by atoms with van der Waals surface area (Å²) >= 11 is 0. The number of hydrogen-bond donors (Lipinski definition) is 3. The summed E-state index contributed by atoms with van der Waals surface area (Å²) in [5, 5.41) is 24.1. The van der Waals surface area contributed by atoms with E-state index in [0.29, 0.717) is 5.69 Å². The van der Waals surface area contributed by atoms with E-state index in [1.54, 1.807) is 49.4 Å². The fraction of sp³-hybridized carbons (Fsp3) is 0.105. The molecule has 0 bridgehead atoms. The predicted molar refractivity (Wildman–Crippen MR) is 96.5 cm³/mol. The maximum Gasteiger partial charge on any atom is 0.340 e. The maximum absolute atomic E-state index is 12.2. The number of esters is 1. The van der Waals surface area contributed by atoms with Crippen LogP contribution in [0.3, 0.4) is 0 Å². The van der Waals surface area contributed by atoms with Gasteiger partial charge in [0.25, 0.3) is 5.91 Å². The van der Waals surface area contributed by atoms with E-state index in [0.717, 1.165) is 0 Å². The SMILES string of the molecule is CCOC(=O)c1ccccc1N/C=C(/C#N)C(=O)Nc1ccccc1O. The minimum absolute atomic E-state index is 0.112. The van der Waals surface area contributed by atoms with Gasteiger partial charge in [-0.25, -0.2) is 4.79 Å². The van der Waals surface area contributed by atoms with Crippen LogP contribution in [-0.2, 0) is 9.53 Å². The van der Waals surface area contributed by atoms with Crippen LogP contribution in [0, 0.1) is 11.3 Å². The van der Waals surface area contributed by atoms with Gasteiger partial charge in [-0.05, 0) is 31.2 Å². The topological polar surface area (TPSA) is 111 Å². The Morgan fingerprint density at radius 3 is 2.46 bits per heavy atom. The molecule has 0 aliphatic rings. The highest BCUT2D eigenvalue weighted by molar-refractivity contribution is 6.07. The largest absolute Gasteiger partial charge is 0.506 e. The van der Waals surface area contributed by atoms with E-state index >= 15 is 0 Å². The average molecular weight is 351 g/mol. The van der Waals surface area contributed by atoms with Gasteiger partial charge in [0, 0.05) is 6.20 Å². The third kappa shape index (κ3) is 4.61. The molecule has 0 unspecified atom stereocenters. The molecule has 3 N–H and O–H groups in total. The number of phenolic OH excluding ortho intramolecular Hbond substituents is 1. The second-order valence-corrected chi connectivity index (χ2v) is 5.05. The number of amides is 1. The van der Waals surface area contributed by atoms with Crippen molar-refractivity contribution in [3.8, 4) is 11.8 Å². The molecular formula is C19H17N3O4. The number of phenols is 1. The molecule has 1 amide bonds. The van der Waals surface area contributed by atoms with Gasteiger partial charge in [0.15, 0.2) is 0 Å². The molecule has 7 heteroatoms. The maximum atomic E-state index is 12.2. The van der Waals surface area contributed by atoms with Crippen molar-refractivity contribution in [3.63, 3.8) is 0 Å². The summed E-state index contributed by atoms with van der Waals surface area (Å²) in [5.74, 6) is -1.32. The lowest BCUT2D eigenvalue weighted by atomic mass is 10.1. The van der Waals surface area contributed by atoms with Gasteiger partial charge in [-0.1, -0.05) is 24.3 Å². The van der Waals surface area contributed by atoms with Gasteiger partial charge >= 0.3 is 5.97 Å². The zero-order chi connectivity index (χ0) is 18.9. The number of nitrogens with one attached hydrogen (secondary N) is 2. The molecule has 0 aromatic heterocycles. The summed E-state index contributed by atoms with van der Waals surface area (Å²) in [5.41, 5.74) is 0.635. The fourth-order valence-electron chi connectivity index (χ4n) is 2.06. The van der Waals surface area contributed by atoms with Gasteiger partial charge in [-0.3, -0.25) is 4.79 Å². The van der Waals surface area contributed by atoms with Crippen molar-refractivity contribution < 1.29 is 19.4 Å². The van der Waals surface area contributed by atoms with Gasteiger partial charge in [0.1, 0.15) is 17.4 Å². The minimum Gasteiger partial charge on any atom is -0.506 e. The third-order valence-electron chi connectivity index (χ3n) is 3.31.